The molecule has 5 nitrogen and oxygen atoms in total. The number of nitrogens with zero attached hydrogens (tertiary/aromatic N) is 2. The van der Waals surface area contributed by atoms with Crippen LogP contribution in [-0.2, 0) is 40.6 Å². The van der Waals surface area contributed by atoms with E-state index in [1.54, 1.807) is 11.3 Å². The van der Waals surface area contributed by atoms with Crippen LogP contribution in [0.4, 0.5) is 5.82 Å². The first-order valence-corrected chi connectivity index (χ1v) is 15.0. The minimum absolute atomic E-state index is 0.00197. The fourth-order valence-corrected chi connectivity index (χ4v) is 6.20. The molecule has 0 amide bonds. The monoisotopic (exact) mass is 583 g/mol. The second-order valence-corrected chi connectivity index (χ2v) is 12.6. The Labute approximate surface area is 233 Å². The fraction of sp³-hybridized carbons (Fsp3) is 0.500. The summed E-state index contributed by atoms with van der Waals surface area (Å²) in [5.74, 6) is 0.899. The largest absolute Gasteiger partial charge is 0.466 e. The normalized spacial score (nSPS) is 14.1. The van der Waals surface area contributed by atoms with Gasteiger partial charge in [-0.05, 0) is 79.7 Å². The molecule has 4 rings (SSSR count). The molecule has 0 radical (unpaired) electrons. The predicted octanol–water partition coefficient (Wildman–Crippen LogP) is 7.41. The molecule has 1 unspecified atom stereocenters. The first-order valence-electron chi connectivity index (χ1n) is 13.3. The van der Waals surface area contributed by atoms with E-state index in [4.69, 9.17) is 14.7 Å². The molecule has 37 heavy (non-hydrogen) atoms. The van der Waals surface area contributed by atoms with Crippen molar-refractivity contribution < 1.29 is 9.53 Å². The summed E-state index contributed by atoms with van der Waals surface area (Å²) in [6, 6.07) is 10.9. The highest BCUT2D eigenvalue weighted by Gasteiger charge is 2.24. The van der Waals surface area contributed by atoms with E-state index in [-0.39, 0.29) is 17.3 Å². The molecule has 1 aliphatic heterocycles. The third kappa shape index (κ3) is 7.64. The van der Waals surface area contributed by atoms with Crippen LogP contribution in [0.2, 0.25) is 0 Å². The van der Waals surface area contributed by atoms with Gasteiger partial charge in [0.25, 0.3) is 0 Å². The number of carbonyl (C=O) groups excluding carboxylic acids is 1. The maximum absolute atomic E-state index is 12.5. The van der Waals surface area contributed by atoms with Crippen LogP contribution in [0.3, 0.4) is 0 Å². The van der Waals surface area contributed by atoms with Gasteiger partial charge >= 0.3 is 5.97 Å². The van der Waals surface area contributed by atoms with Crippen LogP contribution in [0.25, 0.3) is 0 Å². The van der Waals surface area contributed by atoms with Gasteiger partial charge in [-0.2, -0.15) is 0 Å². The van der Waals surface area contributed by atoms with Crippen molar-refractivity contribution in [1.29, 1.82) is 0 Å². The van der Waals surface area contributed by atoms with Crippen LogP contribution in [0.1, 0.15) is 86.0 Å². The summed E-state index contributed by atoms with van der Waals surface area (Å²) in [6.07, 6.45) is 6.24. The van der Waals surface area contributed by atoms with Crippen molar-refractivity contribution in [3.63, 3.8) is 0 Å². The molecule has 1 aliphatic rings. The summed E-state index contributed by atoms with van der Waals surface area (Å²) in [5, 5.41) is 6.72. The number of hydrogen-bond acceptors (Lipinski definition) is 6. The zero-order chi connectivity index (χ0) is 26.4. The Morgan fingerprint density at radius 1 is 1.16 bits per heavy atom. The third-order valence-corrected chi connectivity index (χ3v) is 8.53. The highest BCUT2D eigenvalue weighted by atomic mass is 79.9. The zero-order valence-corrected chi connectivity index (χ0v) is 24.8. The molecule has 0 aliphatic carbocycles. The number of thiazole rings is 1. The lowest BCUT2D eigenvalue weighted by Gasteiger charge is -2.23. The lowest BCUT2D eigenvalue weighted by molar-refractivity contribution is -0.143. The Kier molecular flexibility index (Phi) is 9.41. The van der Waals surface area contributed by atoms with Gasteiger partial charge in [-0.1, -0.05) is 54.9 Å². The van der Waals surface area contributed by atoms with Gasteiger partial charge in [0.15, 0.2) is 0 Å². The molecule has 3 heterocycles. The summed E-state index contributed by atoms with van der Waals surface area (Å²) in [7, 11) is 0. The summed E-state index contributed by atoms with van der Waals surface area (Å²) in [6.45, 7) is 9.89. The smallest absolute Gasteiger partial charge is 0.306 e. The topological polar surface area (TPSA) is 64.1 Å². The number of rotatable bonds is 10. The van der Waals surface area contributed by atoms with E-state index in [1.807, 2.05) is 6.92 Å². The number of esters is 1. The Morgan fingerprint density at radius 3 is 2.78 bits per heavy atom. The number of aromatic nitrogens is 2. The summed E-state index contributed by atoms with van der Waals surface area (Å²) >= 11 is 5.46. The molecule has 3 aromatic rings. The van der Waals surface area contributed by atoms with Crippen molar-refractivity contribution in [2.24, 2.45) is 0 Å². The Bertz CT molecular complexity index is 1220. The molecular weight excluding hydrogens is 546 g/mol. The van der Waals surface area contributed by atoms with E-state index in [1.165, 1.54) is 17.5 Å². The number of fused-ring (bicyclic) bond motifs is 1. The molecule has 1 atom stereocenters. The number of pyridine rings is 1. The molecule has 7 heteroatoms. The fourth-order valence-electron chi connectivity index (χ4n) is 4.78. The molecule has 0 saturated carbocycles. The number of halogens is 1. The maximum Gasteiger partial charge on any atom is 0.306 e. The van der Waals surface area contributed by atoms with Gasteiger partial charge < -0.3 is 10.1 Å². The molecule has 0 bridgehead atoms. The number of aryl methyl sites for hydroxylation is 3. The number of hydrogen-bond donors (Lipinski definition) is 1. The molecule has 1 aromatic carbocycles. The van der Waals surface area contributed by atoms with Crippen molar-refractivity contribution in [2.75, 3.05) is 18.5 Å². The quantitative estimate of drug-likeness (QED) is 0.252. The first kappa shape index (κ1) is 27.8. The van der Waals surface area contributed by atoms with E-state index in [9.17, 15) is 4.79 Å². The van der Waals surface area contributed by atoms with Gasteiger partial charge in [0.1, 0.15) is 5.82 Å². The lowest BCUT2D eigenvalue weighted by Crippen LogP contribution is -2.16. The van der Waals surface area contributed by atoms with Crippen LogP contribution in [0, 0.1) is 0 Å². The van der Waals surface area contributed by atoms with E-state index in [2.05, 4.69) is 77.7 Å². The van der Waals surface area contributed by atoms with Gasteiger partial charge in [-0.25, -0.2) is 9.97 Å². The van der Waals surface area contributed by atoms with Gasteiger partial charge in [-0.3, -0.25) is 4.79 Å². The standard InChI is InChI=1S/C30H38BrN3O2S/c1-5-36-28(35)17-21(25-18-22(30(2,3)4)12-14-26(25)31)16-24-19-37-27(33-24)10-6-9-23-13-11-20-8-7-15-32-29(20)34-23/h11-14,18-19,21H,5-10,15-17H2,1-4H3,(H,32,34). The Balaban J connectivity index is 1.43. The van der Waals surface area contributed by atoms with E-state index >= 15 is 0 Å². The molecule has 0 saturated heterocycles. The molecule has 2 aromatic heterocycles. The van der Waals surface area contributed by atoms with Crippen LogP contribution in [0.5, 0.6) is 0 Å². The molecule has 0 fully saturated rings. The maximum atomic E-state index is 12.5. The minimum atomic E-state index is -0.164. The van der Waals surface area contributed by atoms with E-state index in [0.717, 1.165) is 64.5 Å². The summed E-state index contributed by atoms with van der Waals surface area (Å²) < 4.78 is 6.35. The third-order valence-electron chi connectivity index (χ3n) is 6.85. The molecule has 1 N–H and O–H groups in total. The Morgan fingerprint density at radius 2 is 2.00 bits per heavy atom. The van der Waals surface area contributed by atoms with Crippen LogP contribution < -0.4 is 5.32 Å². The number of ether oxygens (including phenoxy) is 1. The number of anilines is 1. The number of benzene rings is 1. The van der Waals surface area contributed by atoms with Gasteiger partial charge in [-0.15, -0.1) is 11.3 Å². The number of nitrogens with one attached hydrogen (secondary N) is 1. The second kappa shape index (κ2) is 12.5. The van der Waals surface area contributed by atoms with Gasteiger partial charge in [0.2, 0.25) is 0 Å². The van der Waals surface area contributed by atoms with Crippen LogP contribution >= 0.6 is 27.3 Å². The highest BCUT2D eigenvalue weighted by Crippen LogP contribution is 2.35. The molecule has 0 spiro atoms. The summed E-state index contributed by atoms with van der Waals surface area (Å²) in [4.78, 5) is 22.3. The van der Waals surface area contributed by atoms with Crippen molar-refractivity contribution in [3.8, 4) is 0 Å². The first-order chi connectivity index (χ1) is 17.7. The van der Waals surface area contributed by atoms with Crippen molar-refractivity contribution in [3.05, 3.63) is 73.3 Å². The van der Waals surface area contributed by atoms with Gasteiger partial charge in [0.05, 0.1) is 23.7 Å². The molecular formula is C30H38BrN3O2S. The average Bonchev–Trinajstić information content (AvgIpc) is 3.30. The lowest BCUT2D eigenvalue weighted by atomic mass is 9.83. The van der Waals surface area contributed by atoms with E-state index < -0.39 is 0 Å². The predicted molar refractivity (Wildman–Crippen MR) is 156 cm³/mol. The van der Waals surface area contributed by atoms with Gasteiger partial charge in [0, 0.05) is 28.0 Å². The van der Waals surface area contributed by atoms with Crippen LogP contribution in [0.15, 0.2) is 40.2 Å². The average molecular weight is 585 g/mol. The van der Waals surface area contributed by atoms with Crippen molar-refractivity contribution >= 4 is 39.1 Å². The summed E-state index contributed by atoms with van der Waals surface area (Å²) in [5.41, 5.74) is 5.94. The molecule has 198 valence electrons. The SMILES string of the molecule is CCOC(=O)CC(Cc1csc(CCCc2ccc3c(n2)NCCC3)n1)c1cc(C(C)(C)C)ccc1Br. The van der Waals surface area contributed by atoms with Crippen molar-refractivity contribution in [1.82, 2.24) is 9.97 Å². The number of carbonyl (C=O) groups is 1. The Hall–Kier alpha value is -2.25. The van der Waals surface area contributed by atoms with Crippen LogP contribution in [-0.4, -0.2) is 29.1 Å². The second-order valence-electron chi connectivity index (χ2n) is 10.8. The highest BCUT2D eigenvalue weighted by molar-refractivity contribution is 9.10. The van der Waals surface area contributed by atoms with Crippen molar-refractivity contribution in [2.45, 2.75) is 84.0 Å². The van der Waals surface area contributed by atoms with E-state index in [0.29, 0.717) is 19.4 Å². The zero-order valence-electron chi connectivity index (χ0n) is 22.4. The minimum Gasteiger partial charge on any atom is -0.466 e.